The van der Waals surface area contributed by atoms with Crippen LogP contribution in [0, 0.1) is 0 Å². The zero-order valence-electron chi connectivity index (χ0n) is 21.0. The number of anilines is 1. The SMILES string of the molecule is CC(Oc1nn2cc(-c3ccc(S(C)(=O)=O)cc3C(F)(F)F)nc2s1)C1=NCN(c2nc(C(C)C)no2)C=C1. The van der Waals surface area contributed by atoms with Crippen LogP contribution in [0.3, 0.4) is 0 Å². The molecule has 1 atom stereocenters. The monoisotopic (exact) mass is 581 g/mol. The molecule has 0 aliphatic carbocycles. The lowest BCUT2D eigenvalue weighted by atomic mass is 10.0. The summed E-state index contributed by atoms with van der Waals surface area (Å²) in [5.41, 5.74) is -0.707. The van der Waals surface area contributed by atoms with Gasteiger partial charge in [-0.25, -0.2) is 17.9 Å². The number of aromatic nitrogens is 5. The molecule has 1 aromatic carbocycles. The number of rotatable bonds is 7. The number of fused-ring (bicyclic) bond motifs is 1. The van der Waals surface area contributed by atoms with Crippen molar-refractivity contribution in [2.45, 2.75) is 43.9 Å². The van der Waals surface area contributed by atoms with E-state index in [4.69, 9.17) is 9.26 Å². The highest BCUT2D eigenvalue weighted by Gasteiger charge is 2.35. The Morgan fingerprint density at radius 2 is 1.95 bits per heavy atom. The highest BCUT2D eigenvalue weighted by atomic mass is 32.2. The molecule has 0 saturated heterocycles. The highest BCUT2D eigenvalue weighted by molar-refractivity contribution is 7.90. The zero-order valence-corrected chi connectivity index (χ0v) is 22.7. The number of imidazole rings is 1. The van der Waals surface area contributed by atoms with Gasteiger partial charge in [0.05, 0.1) is 28.1 Å². The number of ether oxygens (including phenoxy) is 1. The van der Waals surface area contributed by atoms with Crippen molar-refractivity contribution >= 4 is 37.9 Å². The molecule has 16 heteroatoms. The Hall–Kier alpha value is -3.79. The minimum Gasteiger partial charge on any atom is -0.459 e. The van der Waals surface area contributed by atoms with Gasteiger partial charge in [0.2, 0.25) is 4.96 Å². The van der Waals surface area contributed by atoms with Crippen LogP contribution < -0.4 is 9.64 Å². The molecule has 0 fully saturated rings. The van der Waals surface area contributed by atoms with E-state index < -0.39 is 32.6 Å². The van der Waals surface area contributed by atoms with Gasteiger partial charge < -0.3 is 9.26 Å². The Kier molecular flexibility index (Phi) is 6.70. The molecule has 0 N–H and O–H groups in total. The van der Waals surface area contributed by atoms with Crippen LogP contribution >= 0.6 is 11.3 Å². The fourth-order valence-corrected chi connectivity index (χ4v) is 5.13. The molecular weight excluding hydrogens is 559 g/mol. The van der Waals surface area contributed by atoms with Crippen LogP contribution in [0.5, 0.6) is 5.19 Å². The molecule has 0 saturated carbocycles. The van der Waals surface area contributed by atoms with Gasteiger partial charge >= 0.3 is 12.2 Å². The molecule has 0 radical (unpaired) electrons. The largest absolute Gasteiger partial charge is 0.459 e. The van der Waals surface area contributed by atoms with Crippen LogP contribution in [0.25, 0.3) is 16.2 Å². The average Bonchev–Trinajstić information content (AvgIpc) is 3.58. The number of benzene rings is 1. The number of nitrogens with zero attached hydrogens (tertiary/aromatic N) is 7. The van der Waals surface area contributed by atoms with Gasteiger partial charge in [0.25, 0.3) is 5.19 Å². The maximum absolute atomic E-state index is 13.7. The molecule has 3 aromatic heterocycles. The van der Waals surface area contributed by atoms with E-state index in [0.29, 0.717) is 28.6 Å². The van der Waals surface area contributed by atoms with Gasteiger partial charge in [-0.1, -0.05) is 25.1 Å². The van der Waals surface area contributed by atoms with Crippen LogP contribution in [0.1, 0.15) is 38.1 Å². The van der Waals surface area contributed by atoms with E-state index in [1.807, 2.05) is 13.8 Å². The number of hydrogen-bond acceptors (Lipinski definition) is 11. The third kappa shape index (κ3) is 5.52. The molecule has 0 amide bonds. The summed E-state index contributed by atoms with van der Waals surface area (Å²) in [6, 6.07) is 3.17. The van der Waals surface area contributed by atoms with E-state index in [2.05, 4.69) is 25.2 Å². The molecule has 0 bridgehead atoms. The third-order valence-corrected chi connectivity index (χ3v) is 7.67. The molecule has 4 heterocycles. The van der Waals surface area contributed by atoms with Crippen molar-refractivity contribution in [2.24, 2.45) is 4.99 Å². The smallest absolute Gasteiger partial charge is 0.417 e. The molecule has 11 nitrogen and oxygen atoms in total. The minimum atomic E-state index is -4.78. The van der Waals surface area contributed by atoms with Gasteiger partial charge in [-0.2, -0.15) is 18.2 Å². The lowest BCUT2D eigenvalue weighted by Crippen LogP contribution is -2.29. The van der Waals surface area contributed by atoms with Crippen molar-refractivity contribution in [2.75, 3.05) is 17.8 Å². The van der Waals surface area contributed by atoms with Gasteiger partial charge in [-0.15, -0.1) is 5.10 Å². The number of hydrogen-bond donors (Lipinski definition) is 0. The molecule has 1 unspecified atom stereocenters. The maximum Gasteiger partial charge on any atom is 0.417 e. The standard InChI is InChI=1S/C23H22F3N7O4S2/c1-12(2)19-29-20(37-31-19)32-8-7-17(27-11-32)13(3)36-22-30-33-10-18(28-21(33)38-22)15-6-5-14(39(4,34)35)9-16(15)23(24,25)26/h5-10,12-13H,11H2,1-4H3. The van der Waals surface area contributed by atoms with Crippen molar-refractivity contribution in [1.82, 2.24) is 24.7 Å². The summed E-state index contributed by atoms with van der Waals surface area (Å²) in [5.74, 6) is 0.730. The summed E-state index contributed by atoms with van der Waals surface area (Å²) < 4.78 is 77.2. The first-order chi connectivity index (χ1) is 18.3. The Morgan fingerprint density at radius 1 is 1.18 bits per heavy atom. The summed E-state index contributed by atoms with van der Waals surface area (Å²) in [5, 5.41) is 8.46. The molecule has 1 aliphatic rings. The first-order valence-corrected chi connectivity index (χ1v) is 14.3. The molecule has 39 heavy (non-hydrogen) atoms. The Bertz CT molecular complexity index is 1670. The van der Waals surface area contributed by atoms with Crippen LogP contribution in [0.4, 0.5) is 19.2 Å². The second kappa shape index (κ2) is 9.75. The predicted octanol–water partition coefficient (Wildman–Crippen LogP) is 4.59. The van der Waals surface area contributed by atoms with Crippen LogP contribution in [-0.2, 0) is 16.0 Å². The van der Waals surface area contributed by atoms with Crippen molar-refractivity contribution in [1.29, 1.82) is 0 Å². The van der Waals surface area contributed by atoms with Crippen molar-refractivity contribution < 1.29 is 30.8 Å². The second-order valence-corrected chi connectivity index (χ2v) is 12.0. The summed E-state index contributed by atoms with van der Waals surface area (Å²) in [4.78, 5) is 14.7. The van der Waals surface area contributed by atoms with Gasteiger partial charge in [-0.05, 0) is 36.5 Å². The molecular formula is C23H22F3N7O4S2. The van der Waals surface area contributed by atoms with E-state index in [1.54, 1.807) is 24.1 Å². The summed E-state index contributed by atoms with van der Waals surface area (Å²) in [7, 11) is -3.82. The van der Waals surface area contributed by atoms with Crippen molar-refractivity contribution in [3.63, 3.8) is 0 Å². The zero-order chi connectivity index (χ0) is 28.1. The highest BCUT2D eigenvalue weighted by Crippen LogP contribution is 2.39. The first-order valence-electron chi connectivity index (χ1n) is 11.6. The Labute approximate surface area is 224 Å². The minimum absolute atomic E-state index is 0.00190. The van der Waals surface area contributed by atoms with E-state index in [0.717, 1.165) is 29.7 Å². The number of aliphatic imine (C=N–C) groups is 1. The third-order valence-electron chi connectivity index (χ3n) is 5.74. The van der Waals surface area contributed by atoms with Crippen molar-refractivity contribution in [3.05, 3.63) is 48.1 Å². The summed E-state index contributed by atoms with van der Waals surface area (Å²) >= 11 is 1.05. The predicted molar refractivity (Wildman–Crippen MR) is 137 cm³/mol. The quantitative estimate of drug-likeness (QED) is 0.308. The van der Waals surface area contributed by atoms with Crippen LogP contribution in [0.15, 0.2) is 51.1 Å². The lowest BCUT2D eigenvalue weighted by molar-refractivity contribution is -0.137. The summed E-state index contributed by atoms with van der Waals surface area (Å²) in [6.45, 7) is 5.97. The van der Waals surface area contributed by atoms with E-state index in [-0.39, 0.29) is 29.0 Å². The normalized spacial score (nSPS) is 15.3. The van der Waals surface area contributed by atoms with Gasteiger partial charge in [0.15, 0.2) is 15.7 Å². The van der Waals surface area contributed by atoms with Gasteiger partial charge in [0, 0.05) is 23.9 Å². The van der Waals surface area contributed by atoms with E-state index in [9.17, 15) is 21.6 Å². The van der Waals surface area contributed by atoms with Crippen LogP contribution in [-0.4, -0.2) is 57.9 Å². The Morgan fingerprint density at radius 3 is 2.54 bits per heavy atom. The number of alkyl halides is 3. The lowest BCUT2D eigenvalue weighted by Gasteiger charge is -2.20. The average molecular weight is 582 g/mol. The first kappa shape index (κ1) is 26.8. The van der Waals surface area contributed by atoms with Crippen molar-refractivity contribution in [3.8, 4) is 16.5 Å². The fraction of sp³-hybridized carbons (Fsp3) is 0.348. The maximum atomic E-state index is 13.7. The molecule has 1 aliphatic heterocycles. The molecule has 206 valence electrons. The molecule has 0 spiro atoms. The molecule has 4 aromatic rings. The number of sulfone groups is 1. The number of halogens is 3. The Balaban J connectivity index is 1.31. The fourth-order valence-electron chi connectivity index (χ4n) is 3.67. The summed E-state index contributed by atoms with van der Waals surface area (Å²) in [6.07, 6.45) is 0.431. The molecule has 5 rings (SSSR count). The van der Waals surface area contributed by atoms with Crippen LogP contribution in [0.2, 0.25) is 0 Å². The topological polar surface area (TPSA) is 128 Å². The van der Waals surface area contributed by atoms with E-state index >= 15 is 0 Å². The van der Waals surface area contributed by atoms with E-state index in [1.165, 1.54) is 10.7 Å². The van der Waals surface area contributed by atoms with Gasteiger partial charge in [-0.3, -0.25) is 9.89 Å². The second-order valence-electron chi connectivity index (χ2n) is 9.06. The van der Waals surface area contributed by atoms with Gasteiger partial charge in [0.1, 0.15) is 12.8 Å².